The molecule has 0 aromatic heterocycles. The zero-order valence-electron chi connectivity index (χ0n) is 10.6. The first-order chi connectivity index (χ1) is 8.19. The Bertz CT molecular complexity index is 359. The lowest BCUT2D eigenvalue weighted by atomic mass is 9.95. The van der Waals surface area contributed by atoms with Gasteiger partial charge in [-0.3, -0.25) is 9.59 Å². The third-order valence-electron chi connectivity index (χ3n) is 2.32. The topological polar surface area (TPSA) is 102 Å². The summed E-state index contributed by atoms with van der Waals surface area (Å²) in [5.41, 5.74) is -0.672. The summed E-state index contributed by atoms with van der Waals surface area (Å²) in [6.45, 7) is 4.93. The predicted molar refractivity (Wildman–Crippen MR) is 59.9 cm³/mol. The van der Waals surface area contributed by atoms with Crippen LogP contribution < -0.4 is 5.32 Å². The van der Waals surface area contributed by atoms with E-state index in [0.29, 0.717) is 0 Å². The van der Waals surface area contributed by atoms with Crippen LogP contribution in [0.2, 0.25) is 0 Å². The van der Waals surface area contributed by atoms with E-state index in [1.165, 1.54) is 0 Å². The number of ether oxygens (including phenoxy) is 2. The predicted octanol–water partition coefficient (Wildman–Crippen LogP) is 0.527. The second-order valence-corrected chi connectivity index (χ2v) is 5.08. The van der Waals surface area contributed by atoms with Gasteiger partial charge in [-0.2, -0.15) is 0 Å². The minimum absolute atomic E-state index is 0.158. The molecule has 7 nitrogen and oxygen atoms in total. The summed E-state index contributed by atoms with van der Waals surface area (Å²) in [4.78, 5) is 33.5. The lowest BCUT2D eigenvalue weighted by molar-refractivity contribution is -0.160. The molecule has 18 heavy (non-hydrogen) atoms. The number of hydrogen-bond donors (Lipinski definition) is 2. The van der Waals surface area contributed by atoms with Crippen molar-refractivity contribution in [1.82, 2.24) is 5.32 Å². The molecule has 0 aromatic rings. The second-order valence-electron chi connectivity index (χ2n) is 5.08. The normalized spacial score (nSPS) is 24.1. The van der Waals surface area contributed by atoms with Crippen molar-refractivity contribution < 1.29 is 29.0 Å². The quantitative estimate of drug-likeness (QED) is 0.701. The Kier molecular flexibility index (Phi) is 4.15. The fraction of sp³-hybridized carbons (Fsp3) is 0.727. The number of nitrogens with one attached hydrogen (secondary N) is 1. The molecule has 7 heteroatoms. The molecule has 0 aromatic carbocycles. The van der Waals surface area contributed by atoms with E-state index in [4.69, 9.17) is 14.6 Å². The highest BCUT2D eigenvalue weighted by atomic mass is 16.6. The molecule has 0 aliphatic carbocycles. The molecule has 102 valence electrons. The molecule has 0 saturated carbocycles. The Morgan fingerprint density at radius 3 is 2.56 bits per heavy atom. The molecule has 1 saturated heterocycles. The van der Waals surface area contributed by atoms with Gasteiger partial charge in [0.05, 0.1) is 18.4 Å². The van der Waals surface area contributed by atoms with Gasteiger partial charge in [0, 0.05) is 0 Å². The van der Waals surface area contributed by atoms with E-state index in [9.17, 15) is 14.4 Å². The van der Waals surface area contributed by atoms with Crippen LogP contribution in [0.5, 0.6) is 0 Å². The number of rotatable bonds is 2. The summed E-state index contributed by atoms with van der Waals surface area (Å²) in [5, 5.41) is 11.4. The van der Waals surface area contributed by atoms with Gasteiger partial charge < -0.3 is 19.9 Å². The molecule has 0 radical (unpaired) electrons. The molecule has 1 fully saturated rings. The van der Waals surface area contributed by atoms with E-state index in [-0.39, 0.29) is 13.0 Å². The van der Waals surface area contributed by atoms with Crippen LogP contribution >= 0.6 is 0 Å². The van der Waals surface area contributed by atoms with E-state index < -0.39 is 35.6 Å². The molecule has 0 bridgehead atoms. The maximum Gasteiger partial charge on any atom is 0.408 e. The Labute approximate surface area is 104 Å². The molecule has 1 amide bonds. The molecule has 1 rings (SSSR count). The number of carboxylic acids is 1. The molecule has 2 N–H and O–H groups in total. The van der Waals surface area contributed by atoms with Crippen molar-refractivity contribution in [2.75, 3.05) is 6.61 Å². The number of amides is 1. The number of carbonyl (C=O) groups is 3. The van der Waals surface area contributed by atoms with Crippen LogP contribution in [0, 0.1) is 5.92 Å². The van der Waals surface area contributed by atoms with Gasteiger partial charge in [-0.15, -0.1) is 0 Å². The summed E-state index contributed by atoms with van der Waals surface area (Å²) in [5.74, 6) is -2.71. The Morgan fingerprint density at radius 1 is 1.44 bits per heavy atom. The summed E-state index contributed by atoms with van der Waals surface area (Å²) in [7, 11) is 0. The summed E-state index contributed by atoms with van der Waals surface area (Å²) in [6, 6.07) is -0.768. The first kappa shape index (κ1) is 14.3. The Balaban J connectivity index is 2.61. The summed E-state index contributed by atoms with van der Waals surface area (Å²) in [6.07, 6.45) is -0.979. The van der Waals surface area contributed by atoms with Crippen LogP contribution in [0.1, 0.15) is 27.2 Å². The maximum atomic E-state index is 11.5. The minimum atomic E-state index is -1.15. The van der Waals surface area contributed by atoms with E-state index in [1.54, 1.807) is 20.8 Å². The zero-order valence-corrected chi connectivity index (χ0v) is 10.6. The highest BCUT2D eigenvalue weighted by Gasteiger charge is 2.37. The van der Waals surface area contributed by atoms with Crippen molar-refractivity contribution >= 4 is 18.0 Å². The highest BCUT2D eigenvalue weighted by Crippen LogP contribution is 2.17. The molecule has 1 aliphatic heterocycles. The van der Waals surface area contributed by atoms with Crippen LogP contribution in [-0.2, 0) is 19.1 Å². The van der Waals surface area contributed by atoms with E-state index >= 15 is 0 Å². The standard InChI is InChI=1S/C11H17NO6/c1-11(2,3)18-10(16)12-7-5-17-8(13)4-6(7)9(14)15/h6-7H,4-5H2,1-3H3,(H,12,16)(H,14,15)/t6-,7-/m1/s1. The van der Waals surface area contributed by atoms with Gasteiger partial charge in [-0.05, 0) is 20.8 Å². The van der Waals surface area contributed by atoms with Crippen molar-refractivity contribution in [3.05, 3.63) is 0 Å². The van der Waals surface area contributed by atoms with E-state index in [1.807, 2.05) is 0 Å². The lowest BCUT2D eigenvalue weighted by Gasteiger charge is -2.29. The Hall–Kier alpha value is -1.79. The third-order valence-corrected chi connectivity index (χ3v) is 2.32. The number of aliphatic carboxylic acids is 1. The van der Waals surface area contributed by atoms with Crippen molar-refractivity contribution in [2.24, 2.45) is 5.92 Å². The van der Waals surface area contributed by atoms with Gasteiger partial charge in [0.15, 0.2) is 0 Å². The van der Waals surface area contributed by atoms with Crippen LogP contribution in [0.25, 0.3) is 0 Å². The lowest BCUT2D eigenvalue weighted by Crippen LogP contribution is -2.51. The Morgan fingerprint density at radius 2 is 2.06 bits per heavy atom. The van der Waals surface area contributed by atoms with E-state index in [2.05, 4.69) is 5.32 Å². The largest absolute Gasteiger partial charge is 0.481 e. The third kappa shape index (κ3) is 4.23. The average molecular weight is 259 g/mol. The number of alkyl carbamates (subject to hydrolysis) is 1. The van der Waals surface area contributed by atoms with Crippen molar-refractivity contribution in [3.8, 4) is 0 Å². The SMILES string of the molecule is CC(C)(C)OC(=O)N[C@@H]1COC(=O)C[C@H]1C(=O)O. The second kappa shape index (κ2) is 5.24. The van der Waals surface area contributed by atoms with Crippen LogP contribution in [0.15, 0.2) is 0 Å². The smallest absolute Gasteiger partial charge is 0.408 e. The van der Waals surface area contributed by atoms with Gasteiger partial charge in [0.1, 0.15) is 12.2 Å². The number of cyclic esters (lactones) is 1. The van der Waals surface area contributed by atoms with Gasteiger partial charge in [0.2, 0.25) is 0 Å². The van der Waals surface area contributed by atoms with Crippen LogP contribution in [-0.4, -0.2) is 41.4 Å². The van der Waals surface area contributed by atoms with Gasteiger partial charge in [-0.1, -0.05) is 0 Å². The zero-order chi connectivity index (χ0) is 13.9. The number of hydrogen-bond acceptors (Lipinski definition) is 5. The monoisotopic (exact) mass is 259 g/mol. The maximum absolute atomic E-state index is 11.5. The van der Waals surface area contributed by atoms with Crippen molar-refractivity contribution in [3.63, 3.8) is 0 Å². The van der Waals surface area contributed by atoms with Gasteiger partial charge >= 0.3 is 18.0 Å². The van der Waals surface area contributed by atoms with E-state index in [0.717, 1.165) is 0 Å². The van der Waals surface area contributed by atoms with Crippen LogP contribution in [0.4, 0.5) is 4.79 Å². The molecule has 0 spiro atoms. The molecule has 1 aliphatic rings. The highest BCUT2D eigenvalue weighted by molar-refractivity contribution is 5.81. The number of carbonyl (C=O) groups excluding carboxylic acids is 2. The fourth-order valence-corrected chi connectivity index (χ4v) is 1.54. The molecular formula is C11H17NO6. The molecule has 1 heterocycles. The van der Waals surface area contributed by atoms with Crippen LogP contribution in [0.3, 0.4) is 0 Å². The molecule has 0 unspecified atom stereocenters. The van der Waals surface area contributed by atoms with Gasteiger partial charge in [0.25, 0.3) is 0 Å². The number of carboxylic acid groups (broad SMARTS) is 1. The van der Waals surface area contributed by atoms with Crippen molar-refractivity contribution in [2.45, 2.75) is 38.8 Å². The molecule has 2 atom stereocenters. The minimum Gasteiger partial charge on any atom is -0.481 e. The van der Waals surface area contributed by atoms with Crippen molar-refractivity contribution in [1.29, 1.82) is 0 Å². The molecular weight excluding hydrogens is 242 g/mol. The first-order valence-corrected chi connectivity index (χ1v) is 5.57. The van der Waals surface area contributed by atoms with Gasteiger partial charge in [-0.25, -0.2) is 4.79 Å². The summed E-state index contributed by atoms with van der Waals surface area (Å²) < 4.78 is 9.74. The summed E-state index contributed by atoms with van der Waals surface area (Å²) >= 11 is 0. The first-order valence-electron chi connectivity index (χ1n) is 5.57. The average Bonchev–Trinajstić information content (AvgIpc) is 2.17. The fourth-order valence-electron chi connectivity index (χ4n) is 1.54. The number of esters is 1.